The zero-order chi connectivity index (χ0) is 13.2. The van der Waals surface area contributed by atoms with Crippen molar-refractivity contribution in [3.63, 3.8) is 0 Å². The molecule has 1 N–H and O–H groups in total. The fraction of sp³-hybridized carbons (Fsp3) is 0.167. The van der Waals surface area contributed by atoms with Gasteiger partial charge in [0.25, 0.3) is 10.0 Å². The first kappa shape index (κ1) is 12.9. The molecule has 0 spiro atoms. The van der Waals surface area contributed by atoms with Gasteiger partial charge in [-0.25, -0.2) is 8.42 Å². The lowest BCUT2D eigenvalue weighted by molar-refractivity contribution is 0.417. The van der Waals surface area contributed by atoms with Gasteiger partial charge in [0.1, 0.15) is 9.96 Å². The highest BCUT2D eigenvalue weighted by Gasteiger charge is 2.17. The van der Waals surface area contributed by atoms with Crippen molar-refractivity contribution in [1.29, 1.82) is 0 Å². The second kappa shape index (κ2) is 4.99. The third-order valence-corrected chi connectivity index (χ3v) is 5.12. The summed E-state index contributed by atoms with van der Waals surface area (Å²) in [5, 5.41) is 1.72. The van der Waals surface area contributed by atoms with Crippen molar-refractivity contribution >= 4 is 27.0 Å². The van der Waals surface area contributed by atoms with Crippen molar-refractivity contribution in [3.8, 4) is 5.75 Å². The molecule has 6 heteroatoms. The molecule has 4 nitrogen and oxygen atoms in total. The van der Waals surface area contributed by atoms with Gasteiger partial charge >= 0.3 is 0 Å². The minimum atomic E-state index is -3.53. The number of nitrogens with one attached hydrogen (secondary N) is 1. The molecule has 1 aromatic carbocycles. The van der Waals surface area contributed by atoms with E-state index in [1.165, 1.54) is 18.4 Å². The Morgan fingerprint density at radius 3 is 2.67 bits per heavy atom. The molecule has 0 unspecified atom stereocenters. The number of hydrogen-bond acceptors (Lipinski definition) is 4. The summed E-state index contributed by atoms with van der Waals surface area (Å²) in [6, 6.07) is 8.61. The molecule has 0 aliphatic carbocycles. The van der Waals surface area contributed by atoms with E-state index in [0.29, 0.717) is 11.4 Å². The van der Waals surface area contributed by atoms with Crippen LogP contribution in [0.1, 0.15) is 5.56 Å². The number of methoxy groups -OCH3 is 1. The first-order valence-electron chi connectivity index (χ1n) is 5.24. The predicted molar refractivity (Wildman–Crippen MR) is 72.9 cm³/mol. The normalized spacial score (nSPS) is 11.2. The fourth-order valence-electron chi connectivity index (χ4n) is 1.51. The summed E-state index contributed by atoms with van der Waals surface area (Å²) in [5.74, 6) is 0.501. The molecule has 0 bridgehead atoms. The Morgan fingerprint density at radius 1 is 1.28 bits per heavy atom. The highest BCUT2D eigenvalue weighted by molar-refractivity contribution is 7.94. The lowest BCUT2D eigenvalue weighted by Gasteiger charge is -2.11. The van der Waals surface area contributed by atoms with Gasteiger partial charge in [0.05, 0.1) is 12.8 Å². The first-order chi connectivity index (χ1) is 8.53. The van der Waals surface area contributed by atoms with Crippen molar-refractivity contribution < 1.29 is 13.2 Å². The topological polar surface area (TPSA) is 55.4 Å². The molecule has 96 valence electrons. The van der Waals surface area contributed by atoms with Crippen LogP contribution in [-0.2, 0) is 10.0 Å². The Morgan fingerprint density at radius 2 is 2.06 bits per heavy atom. The Bertz CT molecular complexity index is 633. The summed E-state index contributed by atoms with van der Waals surface area (Å²) < 4.78 is 32.1. The maximum absolute atomic E-state index is 12.1. The summed E-state index contributed by atoms with van der Waals surface area (Å²) in [4.78, 5) is 0. The third-order valence-electron chi connectivity index (χ3n) is 2.36. The Kier molecular flexibility index (Phi) is 3.58. The number of rotatable bonds is 4. The Labute approximate surface area is 110 Å². The van der Waals surface area contributed by atoms with Crippen LogP contribution in [0, 0.1) is 6.92 Å². The molecule has 0 radical (unpaired) electrons. The number of aryl methyl sites for hydroxylation is 1. The quantitative estimate of drug-likeness (QED) is 0.938. The van der Waals surface area contributed by atoms with Gasteiger partial charge in [-0.3, -0.25) is 4.72 Å². The molecule has 2 rings (SSSR count). The van der Waals surface area contributed by atoms with Crippen molar-refractivity contribution in [2.75, 3.05) is 11.8 Å². The van der Waals surface area contributed by atoms with Gasteiger partial charge in [-0.15, -0.1) is 11.3 Å². The number of sulfonamides is 1. The standard InChI is InChI=1S/C12H13NO3S2/c1-9-5-6-11(16-2)10(8-9)13-18(14,15)12-4-3-7-17-12/h3-8,13H,1-2H3. The summed E-state index contributed by atoms with van der Waals surface area (Å²) in [6.07, 6.45) is 0. The van der Waals surface area contributed by atoms with E-state index >= 15 is 0 Å². The van der Waals surface area contributed by atoms with Gasteiger partial charge in [-0.2, -0.15) is 0 Å². The van der Waals surface area contributed by atoms with Crippen LogP contribution in [0.2, 0.25) is 0 Å². The van der Waals surface area contributed by atoms with Gasteiger partial charge < -0.3 is 4.74 Å². The molecule has 1 heterocycles. The molecular formula is C12H13NO3S2. The Hall–Kier alpha value is -1.53. The average molecular weight is 283 g/mol. The molecule has 18 heavy (non-hydrogen) atoms. The molecule has 0 aliphatic rings. The summed E-state index contributed by atoms with van der Waals surface area (Å²) >= 11 is 1.18. The minimum Gasteiger partial charge on any atom is -0.495 e. The maximum atomic E-state index is 12.1. The fourth-order valence-corrected chi connectivity index (χ4v) is 3.57. The van der Waals surface area contributed by atoms with Crippen molar-refractivity contribution in [1.82, 2.24) is 0 Å². The van der Waals surface area contributed by atoms with E-state index in [2.05, 4.69) is 4.72 Å². The molecule has 0 saturated heterocycles. The number of ether oxygens (including phenoxy) is 1. The highest BCUT2D eigenvalue weighted by atomic mass is 32.2. The van der Waals surface area contributed by atoms with Crippen LogP contribution < -0.4 is 9.46 Å². The lowest BCUT2D eigenvalue weighted by atomic mass is 10.2. The third kappa shape index (κ3) is 2.65. The SMILES string of the molecule is COc1ccc(C)cc1NS(=O)(=O)c1cccs1. The van der Waals surface area contributed by atoms with Gasteiger partial charge in [-0.05, 0) is 36.1 Å². The largest absolute Gasteiger partial charge is 0.495 e. The van der Waals surface area contributed by atoms with Gasteiger partial charge in [0, 0.05) is 0 Å². The van der Waals surface area contributed by atoms with Crippen LogP contribution >= 0.6 is 11.3 Å². The van der Waals surface area contributed by atoms with Crippen LogP contribution in [0.25, 0.3) is 0 Å². The molecule has 0 atom stereocenters. The molecule has 0 amide bonds. The molecule has 0 fully saturated rings. The average Bonchev–Trinajstić information content (AvgIpc) is 2.83. The lowest BCUT2D eigenvalue weighted by Crippen LogP contribution is -2.12. The van der Waals surface area contributed by atoms with Crippen LogP contribution in [0.4, 0.5) is 5.69 Å². The molecule has 0 saturated carbocycles. The van der Waals surface area contributed by atoms with Crippen LogP contribution in [0.3, 0.4) is 0 Å². The van der Waals surface area contributed by atoms with E-state index in [1.807, 2.05) is 13.0 Å². The van der Waals surface area contributed by atoms with Crippen LogP contribution in [-0.4, -0.2) is 15.5 Å². The van der Waals surface area contributed by atoms with Crippen molar-refractivity contribution in [2.24, 2.45) is 0 Å². The van der Waals surface area contributed by atoms with E-state index in [9.17, 15) is 8.42 Å². The second-order valence-corrected chi connectivity index (χ2v) is 6.60. The molecular weight excluding hydrogens is 270 g/mol. The van der Waals surface area contributed by atoms with Crippen molar-refractivity contribution in [3.05, 3.63) is 41.3 Å². The predicted octanol–water partition coefficient (Wildman–Crippen LogP) is 2.87. The van der Waals surface area contributed by atoms with E-state index in [4.69, 9.17) is 4.74 Å². The summed E-state index contributed by atoms with van der Waals surface area (Å²) in [6.45, 7) is 1.89. The second-order valence-electron chi connectivity index (χ2n) is 3.74. The Balaban J connectivity index is 2.37. The molecule has 0 aliphatic heterocycles. The zero-order valence-corrected chi connectivity index (χ0v) is 11.6. The number of hydrogen-bond donors (Lipinski definition) is 1. The van der Waals surface area contributed by atoms with Gasteiger partial charge in [0.2, 0.25) is 0 Å². The highest BCUT2D eigenvalue weighted by Crippen LogP contribution is 2.28. The van der Waals surface area contributed by atoms with Gasteiger partial charge in [-0.1, -0.05) is 12.1 Å². The number of anilines is 1. The van der Waals surface area contributed by atoms with Gasteiger partial charge in [0.15, 0.2) is 0 Å². The smallest absolute Gasteiger partial charge is 0.271 e. The summed E-state index contributed by atoms with van der Waals surface area (Å²) in [5.41, 5.74) is 1.41. The number of benzene rings is 1. The van der Waals surface area contributed by atoms with Crippen LogP contribution in [0.5, 0.6) is 5.75 Å². The van der Waals surface area contributed by atoms with Crippen LogP contribution in [0.15, 0.2) is 39.9 Å². The van der Waals surface area contributed by atoms with E-state index < -0.39 is 10.0 Å². The summed E-state index contributed by atoms with van der Waals surface area (Å²) in [7, 11) is -2.02. The van der Waals surface area contributed by atoms with E-state index in [-0.39, 0.29) is 4.21 Å². The monoisotopic (exact) mass is 283 g/mol. The molecule has 2 aromatic rings. The van der Waals surface area contributed by atoms with Crippen molar-refractivity contribution in [2.45, 2.75) is 11.1 Å². The number of thiophene rings is 1. The minimum absolute atomic E-state index is 0.283. The first-order valence-corrected chi connectivity index (χ1v) is 7.60. The molecule has 1 aromatic heterocycles. The zero-order valence-electron chi connectivity index (χ0n) is 10.0. The maximum Gasteiger partial charge on any atom is 0.271 e. The van der Waals surface area contributed by atoms with E-state index in [0.717, 1.165) is 5.56 Å². The van der Waals surface area contributed by atoms with E-state index in [1.54, 1.807) is 29.6 Å².